The van der Waals surface area contributed by atoms with Gasteiger partial charge in [0.15, 0.2) is 0 Å². The highest BCUT2D eigenvalue weighted by molar-refractivity contribution is 7.10. The normalized spacial score (nSPS) is 13.1. The van der Waals surface area contributed by atoms with Crippen molar-refractivity contribution >= 4 is 11.3 Å². The first-order valence-corrected chi connectivity index (χ1v) is 7.38. The van der Waals surface area contributed by atoms with E-state index in [1.165, 1.54) is 10.4 Å². The molecule has 0 radical (unpaired) electrons. The van der Waals surface area contributed by atoms with Crippen LogP contribution in [0.4, 0.5) is 0 Å². The van der Waals surface area contributed by atoms with Gasteiger partial charge in [0.2, 0.25) is 0 Å². The Kier molecular flexibility index (Phi) is 4.74. The molecule has 0 aliphatic rings. The van der Waals surface area contributed by atoms with E-state index in [0.29, 0.717) is 6.04 Å². The summed E-state index contributed by atoms with van der Waals surface area (Å²) in [4.78, 5) is 3.66. The van der Waals surface area contributed by atoms with Crippen LogP contribution in [0.25, 0.3) is 0 Å². The first-order chi connectivity index (χ1) is 9.09. The summed E-state index contributed by atoms with van der Waals surface area (Å²) in [6.45, 7) is 5.92. The van der Waals surface area contributed by atoms with Crippen molar-refractivity contribution in [1.82, 2.24) is 20.4 Å². The summed E-state index contributed by atoms with van der Waals surface area (Å²) in [5.41, 5.74) is 3.52. The van der Waals surface area contributed by atoms with Gasteiger partial charge in [0.05, 0.1) is 11.7 Å². The Bertz CT molecular complexity index is 482. The van der Waals surface area contributed by atoms with E-state index in [0.717, 1.165) is 24.5 Å². The predicted molar refractivity (Wildman–Crippen MR) is 80.5 cm³/mol. The molecule has 2 aromatic rings. The molecule has 0 spiro atoms. The molecule has 2 N–H and O–H groups in total. The third-order valence-electron chi connectivity index (χ3n) is 3.42. The lowest BCUT2D eigenvalue weighted by Crippen LogP contribution is -2.30. The molecule has 0 aliphatic carbocycles. The van der Waals surface area contributed by atoms with Crippen molar-refractivity contribution in [2.24, 2.45) is 0 Å². The van der Waals surface area contributed by atoms with Gasteiger partial charge in [-0.3, -0.25) is 5.10 Å². The van der Waals surface area contributed by atoms with Crippen LogP contribution in [0, 0.1) is 13.8 Å². The first kappa shape index (κ1) is 14.2. The highest BCUT2D eigenvalue weighted by Gasteiger charge is 2.15. The van der Waals surface area contributed by atoms with Gasteiger partial charge in [-0.25, -0.2) is 0 Å². The maximum atomic E-state index is 4.23. The summed E-state index contributed by atoms with van der Waals surface area (Å²) in [7, 11) is 4.25. The van der Waals surface area contributed by atoms with E-state index in [1.807, 2.05) is 18.3 Å². The Morgan fingerprint density at radius 1 is 1.42 bits per heavy atom. The number of rotatable bonds is 6. The van der Waals surface area contributed by atoms with Crippen LogP contribution in [0.1, 0.15) is 27.9 Å². The van der Waals surface area contributed by atoms with Crippen molar-refractivity contribution in [3.05, 3.63) is 39.3 Å². The molecule has 0 fully saturated rings. The van der Waals surface area contributed by atoms with Gasteiger partial charge in [0.1, 0.15) is 0 Å². The summed E-state index contributed by atoms with van der Waals surface area (Å²) in [6.07, 6.45) is 0. The average molecular weight is 278 g/mol. The number of nitrogens with one attached hydrogen (secondary N) is 2. The molecule has 0 saturated heterocycles. The minimum absolute atomic E-state index is 0.424. The highest BCUT2D eigenvalue weighted by atomic mass is 32.1. The molecule has 5 heteroatoms. The van der Waals surface area contributed by atoms with Gasteiger partial charge < -0.3 is 10.2 Å². The van der Waals surface area contributed by atoms with Gasteiger partial charge in [-0.15, -0.1) is 11.3 Å². The average Bonchev–Trinajstić information content (AvgIpc) is 2.97. The number of nitrogens with zero attached hydrogens (tertiary/aromatic N) is 2. The second-order valence-electron chi connectivity index (χ2n) is 5.04. The fourth-order valence-corrected chi connectivity index (χ4v) is 3.11. The highest BCUT2D eigenvalue weighted by Crippen LogP contribution is 2.22. The molecular formula is C14H22N4S. The molecular weight excluding hydrogens is 256 g/mol. The van der Waals surface area contributed by atoms with E-state index in [9.17, 15) is 0 Å². The molecule has 0 saturated carbocycles. The molecule has 1 atom stereocenters. The van der Waals surface area contributed by atoms with Crippen molar-refractivity contribution < 1.29 is 0 Å². The third kappa shape index (κ3) is 3.43. The Hall–Kier alpha value is -1.17. The van der Waals surface area contributed by atoms with Crippen molar-refractivity contribution in [1.29, 1.82) is 0 Å². The molecule has 0 amide bonds. The summed E-state index contributed by atoms with van der Waals surface area (Å²) >= 11 is 1.81. The van der Waals surface area contributed by atoms with E-state index in [2.05, 4.69) is 58.9 Å². The molecule has 0 aliphatic heterocycles. The van der Waals surface area contributed by atoms with E-state index >= 15 is 0 Å². The number of thiophene rings is 1. The van der Waals surface area contributed by atoms with Gasteiger partial charge in [-0.05, 0) is 39.4 Å². The van der Waals surface area contributed by atoms with Crippen LogP contribution in [0.3, 0.4) is 0 Å². The molecule has 104 valence electrons. The topological polar surface area (TPSA) is 44.0 Å². The molecule has 0 aromatic carbocycles. The largest absolute Gasteiger partial charge is 0.311 e. The predicted octanol–water partition coefficient (Wildman–Crippen LogP) is 2.48. The second-order valence-corrected chi connectivity index (χ2v) is 6.02. The summed E-state index contributed by atoms with van der Waals surface area (Å²) < 4.78 is 0. The number of hydrogen-bond donors (Lipinski definition) is 2. The molecule has 19 heavy (non-hydrogen) atoms. The van der Waals surface area contributed by atoms with Crippen molar-refractivity contribution in [2.75, 3.05) is 20.6 Å². The van der Waals surface area contributed by atoms with Gasteiger partial charge >= 0.3 is 0 Å². The third-order valence-corrected chi connectivity index (χ3v) is 4.39. The van der Waals surface area contributed by atoms with Crippen molar-refractivity contribution in [3.63, 3.8) is 0 Å². The van der Waals surface area contributed by atoms with Crippen LogP contribution in [-0.2, 0) is 6.54 Å². The number of H-pyrrole nitrogens is 1. The summed E-state index contributed by atoms with van der Waals surface area (Å²) in [5.74, 6) is 0. The minimum Gasteiger partial charge on any atom is -0.311 e. The van der Waals surface area contributed by atoms with E-state index in [-0.39, 0.29) is 0 Å². The molecule has 2 rings (SSSR count). The summed E-state index contributed by atoms with van der Waals surface area (Å²) in [5, 5.41) is 12.9. The van der Waals surface area contributed by atoms with Crippen molar-refractivity contribution in [2.45, 2.75) is 26.4 Å². The zero-order chi connectivity index (χ0) is 13.8. The Morgan fingerprint density at radius 3 is 2.74 bits per heavy atom. The monoisotopic (exact) mass is 278 g/mol. The van der Waals surface area contributed by atoms with Crippen LogP contribution in [0.15, 0.2) is 17.5 Å². The zero-order valence-corrected chi connectivity index (χ0v) is 12.8. The number of aromatic amines is 1. The lowest BCUT2D eigenvalue weighted by molar-refractivity contribution is 0.292. The Balaban J connectivity index is 1.94. The van der Waals surface area contributed by atoms with Crippen LogP contribution >= 0.6 is 11.3 Å². The van der Waals surface area contributed by atoms with E-state index < -0.39 is 0 Å². The maximum Gasteiger partial charge on any atom is 0.0638 e. The Labute approximate surface area is 118 Å². The molecule has 2 heterocycles. The zero-order valence-electron chi connectivity index (χ0n) is 12.0. The quantitative estimate of drug-likeness (QED) is 0.853. The maximum absolute atomic E-state index is 4.23. The van der Waals surface area contributed by atoms with E-state index in [1.54, 1.807) is 0 Å². The van der Waals surface area contributed by atoms with Gasteiger partial charge in [0, 0.05) is 29.2 Å². The SMILES string of the molecule is Cc1n[nH]c(C)c1CNCC(c1cccs1)N(C)C. The fraction of sp³-hybridized carbons (Fsp3) is 0.500. The molecule has 4 nitrogen and oxygen atoms in total. The van der Waals surface area contributed by atoms with E-state index in [4.69, 9.17) is 0 Å². The standard InChI is InChI=1S/C14H22N4S/c1-10-12(11(2)17-16-10)8-15-9-13(18(3)4)14-6-5-7-19-14/h5-7,13,15H,8-9H2,1-4H3,(H,16,17). The second kappa shape index (κ2) is 6.32. The van der Waals surface area contributed by atoms with Crippen LogP contribution in [0.5, 0.6) is 0 Å². The number of likely N-dealkylation sites (N-methyl/N-ethyl adjacent to an activating group) is 1. The smallest absolute Gasteiger partial charge is 0.0638 e. The fourth-order valence-electron chi connectivity index (χ4n) is 2.19. The first-order valence-electron chi connectivity index (χ1n) is 6.50. The minimum atomic E-state index is 0.424. The van der Waals surface area contributed by atoms with Gasteiger partial charge in [0.25, 0.3) is 0 Å². The van der Waals surface area contributed by atoms with Crippen LogP contribution < -0.4 is 5.32 Å². The van der Waals surface area contributed by atoms with Gasteiger partial charge in [-0.1, -0.05) is 6.07 Å². The van der Waals surface area contributed by atoms with Crippen molar-refractivity contribution in [3.8, 4) is 0 Å². The lowest BCUT2D eigenvalue weighted by atomic mass is 10.2. The number of hydrogen-bond acceptors (Lipinski definition) is 4. The van der Waals surface area contributed by atoms with Crippen LogP contribution in [0.2, 0.25) is 0 Å². The number of aryl methyl sites for hydroxylation is 2. The lowest BCUT2D eigenvalue weighted by Gasteiger charge is -2.23. The Morgan fingerprint density at radius 2 is 2.21 bits per heavy atom. The molecule has 0 bridgehead atoms. The summed E-state index contributed by atoms with van der Waals surface area (Å²) in [6, 6.07) is 4.74. The molecule has 2 aromatic heterocycles. The van der Waals surface area contributed by atoms with Gasteiger partial charge in [-0.2, -0.15) is 5.10 Å². The number of aromatic nitrogens is 2. The van der Waals surface area contributed by atoms with Crippen LogP contribution in [-0.4, -0.2) is 35.7 Å². The molecule has 1 unspecified atom stereocenters.